The van der Waals surface area contributed by atoms with Crippen molar-refractivity contribution in [2.24, 2.45) is 0 Å². The molecule has 2 N–H and O–H groups in total. The van der Waals surface area contributed by atoms with Gasteiger partial charge in [-0.25, -0.2) is 0 Å². The van der Waals surface area contributed by atoms with Crippen LogP contribution in [0.25, 0.3) is 0 Å². The molecular formula is C15H21ClN2O2. The van der Waals surface area contributed by atoms with Gasteiger partial charge in [0.15, 0.2) is 0 Å². The summed E-state index contributed by atoms with van der Waals surface area (Å²) in [6.07, 6.45) is 3.15. The quantitative estimate of drug-likeness (QED) is 0.572. The van der Waals surface area contributed by atoms with Gasteiger partial charge in [-0.15, -0.1) is 11.6 Å². The monoisotopic (exact) mass is 296 g/mol. The van der Waals surface area contributed by atoms with Gasteiger partial charge in [0.1, 0.15) is 0 Å². The Morgan fingerprint density at radius 2 is 1.85 bits per heavy atom. The highest BCUT2D eigenvalue weighted by molar-refractivity contribution is 6.17. The number of hydrogen-bond acceptors (Lipinski definition) is 2. The first-order chi connectivity index (χ1) is 9.67. The number of anilines is 1. The highest BCUT2D eigenvalue weighted by atomic mass is 35.5. The Morgan fingerprint density at radius 3 is 2.45 bits per heavy atom. The van der Waals surface area contributed by atoms with Crippen molar-refractivity contribution in [3.63, 3.8) is 0 Å². The molecule has 0 aliphatic heterocycles. The zero-order valence-corrected chi connectivity index (χ0v) is 12.5. The van der Waals surface area contributed by atoms with Crippen molar-refractivity contribution in [3.8, 4) is 0 Å². The molecule has 0 aromatic heterocycles. The Labute approximate surface area is 124 Å². The van der Waals surface area contributed by atoms with Gasteiger partial charge < -0.3 is 10.6 Å². The molecule has 1 rings (SSSR count). The van der Waals surface area contributed by atoms with Crippen LogP contribution in [0.15, 0.2) is 24.3 Å². The Hall–Kier alpha value is -1.55. The van der Waals surface area contributed by atoms with Crippen molar-refractivity contribution in [3.05, 3.63) is 29.8 Å². The summed E-state index contributed by atoms with van der Waals surface area (Å²) >= 11 is 5.54. The number of amides is 2. The average molecular weight is 297 g/mol. The third-order valence-electron chi connectivity index (χ3n) is 2.78. The summed E-state index contributed by atoms with van der Waals surface area (Å²) < 4.78 is 0. The molecule has 0 aliphatic carbocycles. The van der Waals surface area contributed by atoms with Crippen LogP contribution < -0.4 is 10.6 Å². The number of alkyl halides is 1. The fourth-order valence-electron chi connectivity index (χ4n) is 1.64. The van der Waals surface area contributed by atoms with Crippen molar-refractivity contribution < 1.29 is 9.59 Å². The molecule has 0 fully saturated rings. The topological polar surface area (TPSA) is 58.2 Å². The molecule has 0 spiro atoms. The van der Waals surface area contributed by atoms with E-state index in [1.54, 1.807) is 24.3 Å². The Balaban J connectivity index is 2.47. The zero-order chi connectivity index (χ0) is 14.8. The van der Waals surface area contributed by atoms with Gasteiger partial charge in [-0.2, -0.15) is 0 Å². The van der Waals surface area contributed by atoms with Gasteiger partial charge >= 0.3 is 0 Å². The maximum Gasteiger partial charge on any atom is 0.251 e. The maximum atomic E-state index is 11.8. The Morgan fingerprint density at radius 1 is 1.15 bits per heavy atom. The zero-order valence-electron chi connectivity index (χ0n) is 11.7. The summed E-state index contributed by atoms with van der Waals surface area (Å²) in [5.74, 6) is 0.411. The van der Waals surface area contributed by atoms with Crippen LogP contribution in [0.1, 0.15) is 43.0 Å². The van der Waals surface area contributed by atoms with Crippen LogP contribution in [-0.4, -0.2) is 24.2 Å². The predicted octanol–water partition coefficient (Wildman–Crippen LogP) is 3.17. The van der Waals surface area contributed by atoms with Gasteiger partial charge in [0.25, 0.3) is 5.91 Å². The van der Waals surface area contributed by atoms with Crippen molar-refractivity contribution in [1.82, 2.24) is 5.32 Å². The fraction of sp³-hybridized carbons (Fsp3) is 0.467. The molecule has 0 aliphatic rings. The fourth-order valence-corrected chi connectivity index (χ4v) is 1.77. The van der Waals surface area contributed by atoms with Gasteiger partial charge in [0.05, 0.1) is 0 Å². The minimum Gasteiger partial charge on any atom is -0.352 e. The van der Waals surface area contributed by atoms with Crippen LogP contribution in [0.3, 0.4) is 0 Å². The van der Waals surface area contributed by atoms with Gasteiger partial charge in [-0.1, -0.05) is 13.3 Å². The number of halogens is 1. The number of hydrogen-bond donors (Lipinski definition) is 2. The summed E-state index contributed by atoms with van der Waals surface area (Å²) in [5.41, 5.74) is 1.29. The van der Waals surface area contributed by atoms with Crippen LogP contribution in [0.2, 0.25) is 0 Å². The second kappa shape index (κ2) is 9.37. The molecular weight excluding hydrogens is 276 g/mol. The van der Waals surface area contributed by atoms with Crippen LogP contribution >= 0.6 is 11.6 Å². The van der Waals surface area contributed by atoms with Crippen LogP contribution in [0.5, 0.6) is 0 Å². The van der Waals surface area contributed by atoms with Crippen molar-refractivity contribution >= 4 is 29.1 Å². The van der Waals surface area contributed by atoms with Crippen molar-refractivity contribution in [2.75, 3.05) is 17.7 Å². The number of rotatable bonds is 8. The normalized spacial score (nSPS) is 10.1. The minimum atomic E-state index is -0.126. The molecule has 0 saturated heterocycles. The minimum absolute atomic E-state index is 0.00571. The smallest absolute Gasteiger partial charge is 0.251 e. The van der Waals surface area contributed by atoms with Crippen LogP contribution in [0.4, 0.5) is 5.69 Å². The Kier molecular flexibility index (Phi) is 7.73. The van der Waals surface area contributed by atoms with E-state index in [1.165, 1.54) is 0 Å². The highest BCUT2D eigenvalue weighted by Crippen LogP contribution is 2.10. The first-order valence-corrected chi connectivity index (χ1v) is 7.45. The third-order valence-corrected chi connectivity index (χ3v) is 3.05. The first kappa shape index (κ1) is 16.5. The molecule has 0 bridgehead atoms. The van der Waals surface area contributed by atoms with Crippen LogP contribution in [-0.2, 0) is 4.79 Å². The molecule has 20 heavy (non-hydrogen) atoms. The lowest BCUT2D eigenvalue weighted by molar-refractivity contribution is -0.116. The standard InChI is InChI=1S/C15H21ClN2O2/c1-2-3-5-14(19)18-13-8-6-12(7-9-13)15(20)17-11-4-10-16/h6-9H,2-5,10-11H2,1H3,(H,17,20)(H,18,19). The largest absolute Gasteiger partial charge is 0.352 e. The maximum absolute atomic E-state index is 11.8. The second-order valence-corrected chi connectivity index (χ2v) is 4.91. The summed E-state index contributed by atoms with van der Waals surface area (Å²) in [4.78, 5) is 23.3. The van der Waals surface area contributed by atoms with E-state index in [2.05, 4.69) is 10.6 Å². The van der Waals surface area contributed by atoms with E-state index >= 15 is 0 Å². The highest BCUT2D eigenvalue weighted by Gasteiger charge is 2.06. The summed E-state index contributed by atoms with van der Waals surface area (Å²) in [5, 5.41) is 5.58. The number of carbonyl (C=O) groups is 2. The number of unbranched alkanes of at least 4 members (excludes halogenated alkanes) is 1. The lowest BCUT2D eigenvalue weighted by Gasteiger charge is -2.07. The van der Waals surface area contributed by atoms with E-state index in [0.717, 1.165) is 19.3 Å². The molecule has 0 radical (unpaired) electrons. The summed E-state index contributed by atoms with van der Waals surface area (Å²) in [6, 6.07) is 6.87. The van der Waals surface area contributed by atoms with Crippen molar-refractivity contribution in [2.45, 2.75) is 32.6 Å². The molecule has 0 atom stereocenters. The molecule has 0 heterocycles. The van der Waals surface area contributed by atoms with E-state index in [4.69, 9.17) is 11.6 Å². The van der Waals surface area contributed by atoms with Gasteiger partial charge in [-0.05, 0) is 37.1 Å². The van der Waals surface area contributed by atoms with Gasteiger partial charge in [0.2, 0.25) is 5.91 Å². The van der Waals surface area contributed by atoms with Crippen molar-refractivity contribution in [1.29, 1.82) is 0 Å². The Bertz CT molecular complexity index is 432. The molecule has 1 aromatic rings. The van der Waals surface area contributed by atoms with Gasteiger partial charge in [0, 0.05) is 30.1 Å². The first-order valence-electron chi connectivity index (χ1n) is 6.91. The van der Waals surface area contributed by atoms with Crippen LogP contribution in [0, 0.1) is 0 Å². The van der Waals surface area contributed by atoms with Gasteiger partial charge in [-0.3, -0.25) is 9.59 Å². The second-order valence-electron chi connectivity index (χ2n) is 4.53. The SMILES string of the molecule is CCCCC(=O)Nc1ccc(C(=O)NCCCCl)cc1. The summed E-state index contributed by atoms with van der Waals surface area (Å²) in [7, 11) is 0. The summed E-state index contributed by atoms with van der Waals surface area (Å²) in [6.45, 7) is 2.61. The molecule has 4 nitrogen and oxygen atoms in total. The number of benzene rings is 1. The lowest BCUT2D eigenvalue weighted by atomic mass is 10.2. The van der Waals surface area contributed by atoms with E-state index in [-0.39, 0.29) is 11.8 Å². The van der Waals surface area contributed by atoms with E-state index < -0.39 is 0 Å². The van der Waals surface area contributed by atoms with E-state index in [0.29, 0.717) is 30.1 Å². The average Bonchev–Trinajstić information content (AvgIpc) is 2.46. The number of nitrogens with one attached hydrogen (secondary N) is 2. The molecule has 0 saturated carbocycles. The molecule has 5 heteroatoms. The van der Waals surface area contributed by atoms with E-state index in [9.17, 15) is 9.59 Å². The molecule has 1 aromatic carbocycles. The molecule has 0 unspecified atom stereocenters. The molecule has 2 amide bonds. The predicted molar refractivity (Wildman–Crippen MR) is 82.3 cm³/mol. The third kappa shape index (κ3) is 6.06. The van der Waals surface area contributed by atoms with E-state index in [1.807, 2.05) is 6.92 Å². The lowest BCUT2D eigenvalue weighted by Crippen LogP contribution is -2.24. The number of carbonyl (C=O) groups excluding carboxylic acids is 2. The molecule has 110 valence electrons.